The summed E-state index contributed by atoms with van der Waals surface area (Å²) in [5.74, 6) is -0.834. The third-order valence-corrected chi connectivity index (χ3v) is 4.19. The normalized spacial score (nSPS) is 10.2. The van der Waals surface area contributed by atoms with Crippen LogP contribution in [-0.2, 0) is 4.79 Å². The van der Waals surface area contributed by atoms with Crippen LogP contribution in [0.5, 0.6) is 0 Å². The zero-order valence-corrected chi connectivity index (χ0v) is 15.7. The van der Waals surface area contributed by atoms with Gasteiger partial charge in [0.15, 0.2) is 0 Å². The van der Waals surface area contributed by atoms with Crippen molar-refractivity contribution < 1.29 is 14.5 Å². The van der Waals surface area contributed by atoms with Gasteiger partial charge in [0.25, 0.3) is 11.6 Å². The molecule has 0 aliphatic heterocycles. The first kappa shape index (κ1) is 19.9. The SMILES string of the molecule is CNc1ccc([N+](=O)[O-])cc1C(=O)N(C)CC(=O)Nc1c(C)cccc1C. The summed E-state index contributed by atoms with van der Waals surface area (Å²) in [6.07, 6.45) is 0. The number of para-hydroxylation sites is 1. The Labute approximate surface area is 157 Å². The number of nitro groups is 1. The van der Waals surface area contributed by atoms with E-state index in [1.807, 2.05) is 32.0 Å². The van der Waals surface area contributed by atoms with Crippen molar-refractivity contribution in [3.05, 3.63) is 63.2 Å². The van der Waals surface area contributed by atoms with Crippen molar-refractivity contribution in [2.45, 2.75) is 13.8 Å². The van der Waals surface area contributed by atoms with Gasteiger partial charge in [0.2, 0.25) is 5.91 Å². The van der Waals surface area contributed by atoms with Crippen LogP contribution in [0.1, 0.15) is 21.5 Å². The maximum Gasteiger partial charge on any atom is 0.270 e. The molecule has 142 valence electrons. The summed E-state index contributed by atoms with van der Waals surface area (Å²) >= 11 is 0. The smallest absolute Gasteiger partial charge is 0.270 e. The molecule has 2 N–H and O–H groups in total. The first-order chi connectivity index (χ1) is 12.7. The average Bonchev–Trinajstić information content (AvgIpc) is 2.63. The largest absolute Gasteiger partial charge is 0.387 e. The van der Waals surface area contributed by atoms with Crippen LogP contribution in [0.25, 0.3) is 0 Å². The number of nitrogens with one attached hydrogen (secondary N) is 2. The molecule has 0 radical (unpaired) electrons. The summed E-state index contributed by atoms with van der Waals surface area (Å²) < 4.78 is 0. The lowest BCUT2D eigenvalue weighted by molar-refractivity contribution is -0.384. The number of likely N-dealkylation sites (N-methyl/N-ethyl adjacent to an activating group) is 1. The molecule has 0 bridgehead atoms. The molecular weight excluding hydrogens is 348 g/mol. The van der Waals surface area contributed by atoms with E-state index in [-0.39, 0.29) is 23.7 Å². The van der Waals surface area contributed by atoms with E-state index >= 15 is 0 Å². The summed E-state index contributed by atoms with van der Waals surface area (Å²) in [6, 6.07) is 9.66. The second-order valence-electron chi connectivity index (χ2n) is 6.21. The van der Waals surface area contributed by atoms with Crippen LogP contribution in [-0.4, -0.2) is 42.3 Å². The van der Waals surface area contributed by atoms with Crippen molar-refractivity contribution in [1.29, 1.82) is 0 Å². The van der Waals surface area contributed by atoms with Gasteiger partial charge in [-0.3, -0.25) is 19.7 Å². The van der Waals surface area contributed by atoms with Crippen molar-refractivity contribution in [3.63, 3.8) is 0 Å². The average molecular weight is 370 g/mol. The quantitative estimate of drug-likeness (QED) is 0.601. The zero-order valence-electron chi connectivity index (χ0n) is 15.7. The fourth-order valence-electron chi connectivity index (χ4n) is 2.72. The molecule has 2 rings (SSSR count). The van der Waals surface area contributed by atoms with Gasteiger partial charge >= 0.3 is 0 Å². The number of carbonyl (C=O) groups is 2. The molecule has 8 heteroatoms. The van der Waals surface area contributed by atoms with E-state index in [4.69, 9.17) is 0 Å². The Balaban J connectivity index is 2.17. The van der Waals surface area contributed by atoms with Gasteiger partial charge in [0.05, 0.1) is 17.0 Å². The fourth-order valence-corrected chi connectivity index (χ4v) is 2.72. The Morgan fingerprint density at radius 2 is 1.78 bits per heavy atom. The van der Waals surface area contributed by atoms with Crippen molar-refractivity contribution in [2.75, 3.05) is 31.3 Å². The molecule has 0 saturated heterocycles. The summed E-state index contributed by atoms with van der Waals surface area (Å²) in [7, 11) is 3.09. The maximum absolute atomic E-state index is 12.7. The number of nitrogens with zero attached hydrogens (tertiary/aromatic N) is 2. The van der Waals surface area contributed by atoms with Gasteiger partial charge in [0, 0.05) is 37.6 Å². The van der Waals surface area contributed by atoms with Crippen molar-refractivity contribution >= 4 is 28.9 Å². The lowest BCUT2D eigenvalue weighted by Crippen LogP contribution is -2.35. The van der Waals surface area contributed by atoms with E-state index in [9.17, 15) is 19.7 Å². The van der Waals surface area contributed by atoms with Crippen LogP contribution < -0.4 is 10.6 Å². The maximum atomic E-state index is 12.7. The molecule has 0 aliphatic rings. The highest BCUT2D eigenvalue weighted by molar-refractivity contribution is 6.03. The standard InChI is InChI=1S/C19H22N4O4/c1-12-6-5-7-13(2)18(12)21-17(24)11-22(4)19(25)15-10-14(23(26)27)8-9-16(15)20-3/h5-10,20H,11H2,1-4H3,(H,21,24). The van der Waals surface area contributed by atoms with Gasteiger partial charge in [-0.25, -0.2) is 0 Å². The zero-order chi connectivity index (χ0) is 20.1. The molecule has 2 aromatic carbocycles. The van der Waals surface area contributed by atoms with Crippen LogP contribution in [0.15, 0.2) is 36.4 Å². The van der Waals surface area contributed by atoms with Crippen LogP contribution >= 0.6 is 0 Å². The number of aryl methyl sites for hydroxylation is 2. The second kappa shape index (κ2) is 8.31. The minimum Gasteiger partial charge on any atom is -0.387 e. The van der Waals surface area contributed by atoms with Crippen molar-refractivity contribution in [1.82, 2.24) is 4.90 Å². The Morgan fingerprint density at radius 1 is 1.15 bits per heavy atom. The third-order valence-electron chi connectivity index (χ3n) is 4.19. The first-order valence-electron chi connectivity index (χ1n) is 8.32. The first-order valence-corrected chi connectivity index (χ1v) is 8.32. The Morgan fingerprint density at radius 3 is 2.33 bits per heavy atom. The summed E-state index contributed by atoms with van der Waals surface area (Å²) in [5, 5.41) is 16.6. The highest BCUT2D eigenvalue weighted by atomic mass is 16.6. The number of anilines is 2. The number of hydrogen-bond acceptors (Lipinski definition) is 5. The molecule has 0 unspecified atom stereocenters. The topological polar surface area (TPSA) is 105 Å². The van der Waals surface area contributed by atoms with Crippen molar-refractivity contribution in [3.8, 4) is 0 Å². The second-order valence-corrected chi connectivity index (χ2v) is 6.21. The Kier molecular flexibility index (Phi) is 6.12. The monoisotopic (exact) mass is 370 g/mol. The molecule has 0 heterocycles. The summed E-state index contributed by atoms with van der Waals surface area (Å²) in [6.45, 7) is 3.60. The Hall–Kier alpha value is -3.42. The molecule has 8 nitrogen and oxygen atoms in total. The number of hydrogen-bond donors (Lipinski definition) is 2. The number of benzene rings is 2. The van der Waals surface area contributed by atoms with Gasteiger partial charge in [0.1, 0.15) is 0 Å². The van der Waals surface area contributed by atoms with Gasteiger partial charge in [-0.15, -0.1) is 0 Å². The highest BCUT2D eigenvalue weighted by Crippen LogP contribution is 2.23. The molecular formula is C19H22N4O4. The summed E-state index contributed by atoms with van der Waals surface area (Å²) in [5.41, 5.74) is 2.96. The number of rotatable bonds is 6. The molecule has 0 aromatic heterocycles. The van der Waals surface area contributed by atoms with Crippen LogP contribution in [0.2, 0.25) is 0 Å². The van der Waals surface area contributed by atoms with E-state index in [0.717, 1.165) is 16.8 Å². The van der Waals surface area contributed by atoms with Gasteiger partial charge < -0.3 is 15.5 Å². The van der Waals surface area contributed by atoms with Gasteiger partial charge in [-0.1, -0.05) is 18.2 Å². The molecule has 27 heavy (non-hydrogen) atoms. The highest BCUT2D eigenvalue weighted by Gasteiger charge is 2.21. The minimum atomic E-state index is -0.566. The Bertz CT molecular complexity index is 875. The minimum absolute atomic E-state index is 0.133. The van der Waals surface area contributed by atoms with Gasteiger partial charge in [-0.2, -0.15) is 0 Å². The van der Waals surface area contributed by atoms with Crippen LogP contribution in [0.3, 0.4) is 0 Å². The molecule has 2 amide bonds. The molecule has 0 atom stereocenters. The van der Waals surface area contributed by atoms with Crippen LogP contribution in [0, 0.1) is 24.0 Å². The van der Waals surface area contributed by atoms with E-state index in [1.54, 1.807) is 7.05 Å². The number of non-ortho nitro benzene ring substituents is 1. The third kappa shape index (κ3) is 4.60. The molecule has 0 aliphatic carbocycles. The summed E-state index contributed by atoms with van der Waals surface area (Å²) in [4.78, 5) is 36.7. The lowest BCUT2D eigenvalue weighted by atomic mass is 10.1. The van der Waals surface area contributed by atoms with Crippen LogP contribution in [0.4, 0.5) is 17.1 Å². The van der Waals surface area contributed by atoms with Crippen molar-refractivity contribution in [2.24, 2.45) is 0 Å². The van der Waals surface area contributed by atoms with Gasteiger partial charge in [-0.05, 0) is 31.0 Å². The predicted octanol–water partition coefficient (Wildman–Crippen LogP) is 2.96. The van der Waals surface area contributed by atoms with E-state index in [2.05, 4.69) is 10.6 Å². The molecule has 0 saturated carbocycles. The number of carbonyl (C=O) groups excluding carboxylic acids is 2. The molecule has 0 fully saturated rings. The van der Waals surface area contributed by atoms with E-state index < -0.39 is 10.8 Å². The fraction of sp³-hybridized carbons (Fsp3) is 0.263. The molecule has 0 spiro atoms. The predicted molar refractivity (Wildman–Crippen MR) is 104 cm³/mol. The van der Waals surface area contributed by atoms with E-state index in [0.29, 0.717) is 5.69 Å². The lowest BCUT2D eigenvalue weighted by Gasteiger charge is -2.19. The number of amides is 2. The molecule has 2 aromatic rings. The number of nitro benzene ring substituents is 1. The van der Waals surface area contributed by atoms with E-state index in [1.165, 1.54) is 30.1 Å².